The molecule has 0 spiro atoms. The summed E-state index contributed by atoms with van der Waals surface area (Å²) in [5.41, 5.74) is 0. The lowest BCUT2D eigenvalue weighted by Gasteiger charge is -2.00. The monoisotopic (exact) mass is 160 g/mol. The average molecular weight is 160 g/mol. The third-order valence-corrected chi connectivity index (χ3v) is 0.765. The van der Waals surface area contributed by atoms with Crippen LogP contribution in [0.5, 0.6) is 0 Å². The molecule has 11 heavy (non-hydrogen) atoms. The van der Waals surface area contributed by atoms with Crippen molar-refractivity contribution in [3.05, 3.63) is 11.8 Å². The highest BCUT2D eigenvalue weighted by atomic mass is 16.5. The normalized spacial score (nSPS) is 10.8. The maximum Gasteiger partial charge on any atom is 0.371 e. The Labute approximate surface area is 62.9 Å². The number of rotatable bonds is 4. The first kappa shape index (κ1) is 9.48. The number of carboxylic acid groups (broad SMARTS) is 2. The van der Waals surface area contributed by atoms with Gasteiger partial charge in [0.05, 0.1) is 12.7 Å². The third-order valence-electron chi connectivity index (χ3n) is 0.765. The highest BCUT2D eigenvalue weighted by Crippen LogP contribution is 1.96. The Morgan fingerprint density at radius 3 is 2.27 bits per heavy atom. The first-order valence-corrected chi connectivity index (χ1v) is 2.88. The summed E-state index contributed by atoms with van der Waals surface area (Å²) >= 11 is 0. The van der Waals surface area contributed by atoms with E-state index in [0.29, 0.717) is 6.08 Å². The van der Waals surface area contributed by atoms with Crippen LogP contribution < -0.4 is 0 Å². The molecule has 0 atom stereocenters. The lowest BCUT2D eigenvalue weighted by atomic mass is 10.4. The van der Waals surface area contributed by atoms with Crippen LogP contribution in [-0.2, 0) is 14.3 Å². The third kappa shape index (κ3) is 3.96. The van der Waals surface area contributed by atoms with E-state index in [9.17, 15) is 9.59 Å². The Bertz CT molecular complexity index is 193. The maximum absolute atomic E-state index is 10.2. The zero-order valence-corrected chi connectivity index (χ0v) is 5.90. The summed E-state index contributed by atoms with van der Waals surface area (Å²) < 4.78 is 4.49. The molecule has 0 aromatic heterocycles. The van der Waals surface area contributed by atoms with Gasteiger partial charge in [-0.15, -0.1) is 0 Å². The van der Waals surface area contributed by atoms with Crippen molar-refractivity contribution in [3.63, 3.8) is 0 Å². The summed E-state index contributed by atoms with van der Waals surface area (Å²) in [4.78, 5) is 20.1. The molecular formula is C6H8O5. The van der Waals surface area contributed by atoms with Crippen LogP contribution in [0.3, 0.4) is 0 Å². The van der Waals surface area contributed by atoms with E-state index >= 15 is 0 Å². The van der Waals surface area contributed by atoms with E-state index in [1.54, 1.807) is 6.92 Å². The van der Waals surface area contributed by atoms with Crippen LogP contribution in [0, 0.1) is 0 Å². The molecule has 0 radical (unpaired) electrons. The van der Waals surface area contributed by atoms with Gasteiger partial charge in [-0.05, 0) is 6.92 Å². The summed E-state index contributed by atoms with van der Waals surface area (Å²) in [5.74, 6) is -3.27. The van der Waals surface area contributed by atoms with E-state index in [-0.39, 0.29) is 6.61 Å². The van der Waals surface area contributed by atoms with Crippen molar-refractivity contribution in [2.45, 2.75) is 6.92 Å². The molecule has 0 aromatic rings. The van der Waals surface area contributed by atoms with Gasteiger partial charge in [0, 0.05) is 0 Å². The second kappa shape index (κ2) is 4.32. The van der Waals surface area contributed by atoms with Crippen LogP contribution in [0.25, 0.3) is 0 Å². The van der Waals surface area contributed by atoms with E-state index in [1.165, 1.54) is 0 Å². The predicted molar refractivity (Wildman–Crippen MR) is 35.0 cm³/mol. The number of hydrogen-bond acceptors (Lipinski definition) is 3. The standard InChI is InChI=1S/C6H8O5/c1-2-11-4(6(9)10)3-5(7)8/h3H,2H2,1H3,(H,7,8)(H,9,10)/b4-3+. The van der Waals surface area contributed by atoms with Gasteiger partial charge in [0.2, 0.25) is 5.76 Å². The van der Waals surface area contributed by atoms with E-state index < -0.39 is 17.7 Å². The van der Waals surface area contributed by atoms with Crippen molar-refractivity contribution in [3.8, 4) is 0 Å². The fraction of sp³-hybridized carbons (Fsp3) is 0.333. The Morgan fingerprint density at radius 2 is 2.00 bits per heavy atom. The molecule has 5 nitrogen and oxygen atoms in total. The van der Waals surface area contributed by atoms with E-state index in [4.69, 9.17) is 10.2 Å². The Morgan fingerprint density at radius 1 is 1.45 bits per heavy atom. The highest BCUT2D eigenvalue weighted by molar-refractivity contribution is 5.92. The summed E-state index contributed by atoms with van der Waals surface area (Å²) in [6.45, 7) is 1.70. The molecule has 0 amide bonds. The number of carbonyl (C=O) groups is 2. The van der Waals surface area contributed by atoms with Gasteiger partial charge in [0.1, 0.15) is 0 Å². The first-order chi connectivity index (χ1) is 5.07. The molecule has 0 saturated carbocycles. The van der Waals surface area contributed by atoms with E-state index in [0.717, 1.165) is 0 Å². The molecule has 0 saturated heterocycles. The van der Waals surface area contributed by atoms with Gasteiger partial charge < -0.3 is 14.9 Å². The molecule has 0 aromatic carbocycles. The van der Waals surface area contributed by atoms with Gasteiger partial charge >= 0.3 is 11.9 Å². The van der Waals surface area contributed by atoms with Crippen LogP contribution in [0.15, 0.2) is 11.8 Å². The summed E-state index contributed by atoms with van der Waals surface area (Å²) in [5, 5.41) is 16.4. The number of hydrogen-bond donors (Lipinski definition) is 2. The van der Waals surface area contributed by atoms with Gasteiger partial charge in [0.15, 0.2) is 0 Å². The van der Waals surface area contributed by atoms with Crippen molar-refractivity contribution < 1.29 is 24.5 Å². The van der Waals surface area contributed by atoms with Crippen LogP contribution >= 0.6 is 0 Å². The number of aliphatic carboxylic acids is 2. The van der Waals surface area contributed by atoms with Gasteiger partial charge in [-0.2, -0.15) is 0 Å². The SMILES string of the molecule is CCO/C(=C/C(=O)O)C(=O)O. The lowest BCUT2D eigenvalue weighted by molar-refractivity contribution is -0.138. The Kier molecular flexibility index (Phi) is 3.72. The van der Waals surface area contributed by atoms with Gasteiger partial charge in [-0.3, -0.25) is 0 Å². The van der Waals surface area contributed by atoms with Crippen LogP contribution in [0.2, 0.25) is 0 Å². The molecule has 2 N–H and O–H groups in total. The molecule has 5 heteroatoms. The van der Waals surface area contributed by atoms with Crippen LogP contribution in [-0.4, -0.2) is 28.8 Å². The van der Waals surface area contributed by atoms with E-state index in [1.807, 2.05) is 0 Å². The average Bonchev–Trinajstić information content (AvgIpc) is 1.86. The predicted octanol–water partition coefficient (Wildman–Crippen LogP) is 0.0760. The summed E-state index contributed by atoms with van der Waals surface area (Å²) in [6, 6.07) is 0. The number of carboxylic acids is 2. The van der Waals surface area contributed by atoms with Crippen molar-refractivity contribution in [1.29, 1.82) is 0 Å². The minimum atomic E-state index is -1.38. The molecule has 0 unspecified atom stereocenters. The van der Waals surface area contributed by atoms with Crippen LogP contribution in [0.4, 0.5) is 0 Å². The minimum absolute atomic E-state index is 0.130. The molecule has 0 heterocycles. The molecule has 0 aliphatic carbocycles. The summed E-state index contributed by atoms with van der Waals surface area (Å²) in [6.07, 6.45) is 0.506. The van der Waals surface area contributed by atoms with Crippen molar-refractivity contribution in [1.82, 2.24) is 0 Å². The molecule has 0 bridgehead atoms. The van der Waals surface area contributed by atoms with Crippen LogP contribution in [0.1, 0.15) is 6.92 Å². The van der Waals surface area contributed by atoms with E-state index in [2.05, 4.69) is 4.74 Å². The molecule has 0 aliphatic heterocycles. The quantitative estimate of drug-likeness (QED) is 0.449. The van der Waals surface area contributed by atoms with Crippen molar-refractivity contribution in [2.75, 3.05) is 6.61 Å². The maximum atomic E-state index is 10.2. The fourth-order valence-electron chi connectivity index (χ4n) is 0.433. The molecule has 0 rings (SSSR count). The summed E-state index contributed by atoms with van der Waals surface area (Å²) in [7, 11) is 0. The second-order valence-corrected chi connectivity index (χ2v) is 1.58. The second-order valence-electron chi connectivity index (χ2n) is 1.58. The zero-order chi connectivity index (χ0) is 8.85. The van der Waals surface area contributed by atoms with Gasteiger partial charge in [-0.1, -0.05) is 0 Å². The van der Waals surface area contributed by atoms with Gasteiger partial charge in [0.25, 0.3) is 0 Å². The number of ether oxygens (including phenoxy) is 1. The topological polar surface area (TPSA) is 83.8 Å². The smallest absolute Gasteiger partial charge is 0.371 e. The fourth-order valence-corrected chi connectivity index (χ4v) is 0.433. The molecule has 62 valence electrons. The Balaban J connectivity index is 4.32. The first-order valence-electron chi connectivity index (χ1n) is 2.88. The van der Waals surface area contributed by atoms with Gasteiger partial charge in [-0.25, -0.2) is 9.59 Å². The minimum Gasteiger partial charge on any atom is -0.487 e. The molecule has 0 aliphatic rings. The molecule has 0 fully saturated rings. The Hall–Kier alpha value is -1.52. The lowest BCUT2D eigenvalue weighted by Crippen LogP contribution is -2.07. The largest absolute Gasteiger partial charge is 0.487 e. The van der Waals surface area contributed by atoms with Crippen molar-refractivity contribution in [2.24, 2.45) is 0 Å². The highest BCUT2D eigenvalue weighted by Gasteiger charge is 2.09. The van der Waals surface area contributed by atoms with Crippen molar-refractivity contribution >= 4 is 11.9 Å². The zero-order valence-electron chi connectivity index (χ0n) is 5.90. The molecular weight excluding hydrogens is 152 g/mol.